The van der Waals surface area contributed by atoms with E-state index in [0.717, 1.165) is 0 Å². The summed E-state index contributed by atoms with van der Waals surface area (Å²) >= 11 is 5.89. The molecule has 7 heteroatoms. The molecule has 0 aliphatic carbocycles. The number of anilines is 1. The van der Waals surface area contributed by atoms with Crippen LogP contribution in [-0.4, -0.2) is 18.5 Å². The van der Waals surface area contributed by atoms with E-state index < -0.39 is 18.5 Å². The van der Waals surface area contributed by atoms with Crippen molar-refractivity contribution in [2.24, 2.45) is 0 Å². The number of benzene rings is 1. The average molecular weight is 347 g/mol. The van der Waals surface area contributed by atoms with E-state index in [0.29, 0.717) is 33.9 Å². The molecule has 0 aliphatic rings. The number of nitriles is 1. The molecule has 0 aliphatic heterocycles. The van der Waals surface area contributed by atoms with Crippen molar-refractivity contribution >= 4 is 29.2 Å². The molecule has 1 amide bonds. The summed E-state index contributed by atoms with van der Waals surface area (Å²) in [7, 11) is 0. The van der Waals surface area contributed by atoms with Gasteiger partial charge in [0.25, 0.3) is 5.91 Å². The van der Waals surface area contributed by atoms with Crippen molar-refractivity contribution in [2.75, 3.05) is 11.9 Å². The highest BCUT2D eigenvalue weighted by molar-refractivity contribution is 6.32. The van der Waals surface area contributed by atoms with E-state index in [9.17, 15) is 9.59 Å². The second kappa shape index (κ2) is 7.20. The number of aryl methyl sites for hydroxylation is 2. The fourth-order valence-corrected chi connectivity index (χ4v) is 2.40. The molecule has 0 spiro atoms. The maximum atomic E-state index is 12.1. The Bertz CT molecular complexity index is 849. The fraction of sp³-hybridized carbons (Fsp3) is 0.235. The Morgan fingerprint density at radius 2 is 2.00 bits per heavy atom. The van der Waals surface area contributed by atoms with Crippen molar-refractivity contribution in [3.63, 3.8) is 0 Å². The molecule has 0 saturated carbocycles. The van der Waals surface area contributed by atoms with Crippen LogP contribution in [0.15, 0.2) is 22.6 Å². The summed E-state index contributed by atoms with van der Waals surface area (Å²) in [5.41, 5.74) is 1.74. The van der Waals surface area contributed by atoms with Crippen molar-refractivity contribution < 1.29 is 18.7 Å². The van der Waals surface area contributed by atoms with Gasteiger partial charge < -0.3 is 14.5 Å². The van der Waals surface area contributed by atoms with Crippen molar-refractivity contribution in [1.29, 1.82) is 5.26 Å². The monoisotopic (exact) mass is 346 g/mol. The summed E-state index contributed by atoms with van der Waals surface area (Å²) in [6, 6.07) is 6.41. The van der Waals surface area contributed by atoms with Gasteiger partial charge in [0.2, 0.25) is 0 Å². The van der Waals surface area contributed by atoms with E-state index in [1.807, 2.05) is 6.07 Å². The van der Waals surface area contributed by atoms with Crippen LogP contribution in [0.3, 0.4) is 0 Å². The van der Waals surface area contributed by atoms with E-state index in [1.54, 1.807) is 20.8 Å². The highest BCUT2D eigenvalue weighted by atomic mass is 35.5. The molecule has 1 heterocycles. The number of hydrogen-bond acceptors (Lipinski definition) is 5. The molecule has 0 bridgehead atoms. The summed E-state index contributed by atoms with van der Waals surface area (Å²) in [4.78, 5) is 23.9. The van der Waals surface area contributed by atoms with Gasteiger partial charge in [-0.2, -0.15) is 5.26 Å². The molecule has 6 nitrogen and oxygen atoms in total. The summed E-state index contributed by atoms with van der Waals surface area (Å²) in [6.45, 7) is 4.72. The zero-order valence-electron chi connectivity index (χ0n) is 13.4. The molecule has 2 aromatic rings. The minimum Gasteiger partial charge on any atom is -0.465 e. The Hall–Kier alpha value is -2.78. The molecule has 0 radical (unpaired) electrons. The third-order valence-corrected chi connectivity index (χ3v) is 3.79. The Labute approximate surface area is 144 Å². The van der Waals surface area contributed by atoms with Gasteiger partial charge in [0.1, 0.15) is 23.2 Å². The van der Waals surface area contributed by atoms with Gasteiger partial charge in [0.05, 0.1) is 10.6 Å². The van der Waals surface area contributed by atoms with Crippen molar-refractivity contribution in [2.45, 2.75) is 20.8 Å². The summed E-state index contributed by atoms with van der Waals surface area (Å²) < 4.78 is 10.4. The highest BCUT2D eigenvalue weighted by Crippen LogP contribution is 2.22. The van der Waals surface area contributed by atoms with Gasteiger partial charge in [0, 0.05) is 11.3 Å². The molecule has 1 aromatic heterocycles. The van der Waals surface area contributed by atoms with Crippen molar-refractivity contribution in [1.82, 2.24) is 0 Å². The van der Waals surface area contributed by atoms with Crippen LogP contribution in [-0.2, 0) is 9.53 Å². The number of carbonyl (C=O) groups excluding carboxylic acids is 2. The van der Waals surface area contributed by atoms with E-state index >= 15 is 0 Å². The molecular weight excluding hydrogens is 332 g/mol. The number of nitrogens with zero attached hydrogens (tertiary/aromatic N) is 1. The topological polar surface area (TPSA) is 92.3 Å². The zero-order chi connectivity index (χ0) is 17.9. The van der Waals surface area contributed by atoms with Gasteiger partial charge in [-0.3, -0.25) is 4.79 Å². The lowest BCUT2D eigenvalue weighted by molar-refractivity contribution is -0.119. The van der Waals surface area contributed by atoms with Gasteiger partial charge in [-0.15, -0.1) is 0 Å². The number of furan rings is 1. The number of carbonyl (C=O) groups is 2. The fourth-order valence-electron chi connectivity index (χ4n) is 2.18. The molecule has 0 saturated heterocycles. The lowest BCUT2D eigenvalue weighted by Crippen LogP contribution is -2.21. The molecule has 0 unspecified atom stereocenters. The largest absolute Gasteiger partial charge is 0.465 e. The number of nitrogens with one attached hydrogen (secondary N) is 1. The van der Waals surface area contributed by atoms with Crippen LogP contribution < -0.4 is 5.32 Å². The molecule has 2 rings (SSSR count). The normalized spacial score (nSPS) is 10.1. The zero-order valence-corrected chi connectivity index (χ0v) is 14.2. The predicted molar refractivity (Wildman–Crippen MR) is 88.0 cm³/mol. The quantitative estimate of drug-likeness (QED) is 0.855. The van der Waals surface area contributed by atoms with E-state index in [2.05, 4.69) is 5.32 Å². The van der Waals surface area contributed by atoms with Gasteiger partial charge in [-0.25, -0.2) is 4.79 Å². The van der Waals surface area contributed by atoms with Gasteiger partial charge in [-0.05, 0) is 39.0 Å². The highest BCUT2D eigenvalue weighted by Gasteiger charge is 2.20. The van der Waals surface area contributed by atoms with Gasteiger partial charge >= 0.3 is 5.97 Å². The number of ether oxygens (including phenoxy) is 1. The first-order valence-corrected chi connectivity index (χ1v) is 7.44. The number of halogens is 1. The second-order valence-electron chi connectivity index (χ2n) is 5.15. The lowest BCUT2D eigenvalue weighted by Gasteiger charge is -2.07. The standard InChI is InChI=1S/C17H15ClN2O4/c1-9-10(2)24-11(3)16(9)17(22)23-8-15(21)20-13-5-4-12(7-19)14(18)6-13/h4-6H,8H2,1-3H3,(H,20,21). The minimum atomic E-state index is -0.616. The van der Waals surface area contributed by atoms with Gasteiger partial charge in [0.15, 0.2) is 6.61 Å². The average Bonchev–Trinajstić information content (AvgIpc) is 2.78. The van der Waals surface area contributed by atoms with Crippen LogP contribution in [0.1, 0.15) is 33.0 Å². The first-order valence-electron chi connectivity index (χ1n) is 7.06. The molecule has 0 atom stereocenters. The Morgan fingerprint density at radius 1 is 1.29 bits per heavy atom. The molecule has 0 fully saturated rings. The van der Waals surface area contributed by atoms with E-state index in [-0.39, 0.29) is 5.02 Å². The second-order valence-corrected chi connectivity index (χ2v) is 5.55. The molecule has 24 heavy (non-hydrogen) atoms. The number of rotatable bonds is 4. The Morgan fingerprint density at radius 3 is 2.54 bits per heavy atom. The third-order valence-electron chi connectivity index (χ3n) is 3.47. The summed E-state index contributed by atoms with van der Waals surface area (Å²) in [5, 5.41) is 11.6. The van der Waals surface area contributed by atoms with E-state index in [1.165, 1.54) is 18.2 Å². The van der Waals surface area contributed by atoms with Crippen LogP contribution >= 0.6 is 11.6 Å². The van der Waals surface area contributed by atoms with Crippen LogP contribution in [0.2, 0.25) is 5.02 Å². The predicted octanol–water partition coefficient (Wildman–Crippen LogP) is 3.53. The Kier molecular flexibility index (Phi) is 5.27. The first kappa shape index (κ1) is 17.6. The Balaban J connectivity index is 1.97. The SMILES string of the molecule is Cc1oc(C)c(C(=O)OCC(=O)Nc2ccc(C#N)c(Cl)c2)c1C. The van der Waals surface area contributed by atoms with Crippen LogP contribution in [0.4, 0.5) is 5.69 Å². The van der Waals surface area contributed by atoms with E-state index in [4.69, 9.17) is 26.0 Å². The molecule has 124 valence electrons. The molecule has 1 aromatic carbocycles. The van der Waals surface area contributed by atoms with Gasteiger partial charge in [-0.1, -0.05) is 11.6 Å². The number of esters is 1. The maximum Gasteiger partial charge on any atom is 0.342 e. The summed E-state index contributed by atoms with van der Waals surface area (Å²) in [5.74, 6) is -0.0417. The molecular formula is C17H15ClN2O4. The third kappa shape index (κ3) is 3.76. The molecule has 1 N–H and O–H groups in total. The van der Waals surface area contributed by atoms with Crippen LogP contribution in [0.5, 0.6) is 0 Å². The maximum absolute atomic E-state index is 12.1. The smallest absolute Gasteiger partial charge is 0.342 e. The van der Waals surface area contributed by atoms with Crippen molar-refractivity contribution in [3.05, 3.63) is 51.4 Å². The van der Waals surface area contributed by atoms with Crippen LogP contribution in [0.25, 0.3) is 0 Å². The summed E-state index contributed by atoms with van der Waals surface area (Å²) in [6.07, 6.45) is 0. The van der Waals surface area contributed by atoms with Crippen molar-refractivity contribution in [3.8, 4) is 6.07 Å². The number of hydrogen-bond donors (Lipinski definition) is 1. The minimum absolute atomic E-state index is 0.229. The van der Waals surface area contributed by atoms with Crippen LogP contribution in [0, 0.1) is 32.1 Å². The lowest BCUT2D eigenvalue weighted by atomic mass is 10.1. The number of amides is 1. The first-order chi connectivity index (χ1) is 11.3.